The molecule has 62 heavy (non-hydrogen) atoms. The van der Waals surface area contributed by atoms with Crippen molar-refractivity contribution < 1.29 is 67.5 Å². The second kappa shape index (κ2) is 36.1. The molecule has 0 aromatic carbocycles. The van der Waals surface area contributed by atoms with Crippen LogP contribution in [0.5, 0.6) is 0 Å². The fourth-order valence-corrected chi connectivity index (χ4v) is 6.87. The lowest BCUT2D eigenvalue weighted by Crippen LogP contribution is -2.43. The van der Waals surface area contributed by atoms with E-state index in [1.165, 1.54) is 19.3 Å². The van der Waals surface area contributed by atoms with Gasteiger partial charge in [0.15, 0.2) is 12.4 Å². The summed E-state index contributed by atoms with van der Waals surface area (Å²) in [5.41, 5.74) is 5.33. The van der Waals surface area contributed by atoms with E-state index < -0.39 is 82.3 Å². The van der Waals surface area contributed by atoms with Crippen molar-refractivity contribution in [1.29, 1.82) is 0 Å². The number of allylic oxidation sites excluding steroid dienone is 10. The molecule has 0 radical (unpaired) electrons. The Hall–Kier alpha value is -3.24. The van der Waals surface area contributed by atoms with E-state index in [1.54, 1.807) is 12.2 Å². The number of ether oxygens (including phenoxy) is 3. The molecular weight excluding hydrogens is 821 g/mol. The monoisotopic (exact) mass is 898 g/mol. The minimum atomic E-state index is -4.81. The van der Waals surface area contributed by atoms with Crippen molar-refractivity contribution in [1.82, 2.24) is 0 Å². The molecule has 1 saturated heterocycles. The maximum atomic E-state index is 12.8. The summed E-state index contributed by atoms with van der Waals surface area (Å²) in [6.07, 6.45) is 33.1. The van der Waals surface area contributed by atoms with Gasteiger partial charge in [-0.2, -0.15) is 0 Å². The summed E-state index contributed by atoms with van der Waals surface area (Å²) in [5.74, 6) is -3.05. The zero-order valence-corrected chi connectivity index (χ0v) is 37.9. The van der Waals surface area contributed by atoms with Crippen molar-refractivity contribution in [3.8, 4) is 0 Å². The summed E-state index contributed by atoms with van der Waals surface area (Å²) >= 11 is 0. The number of carboxylic acid groups (broad SMARTS) is 1. The van der Waals surface area contributed by atoms with Crippen LogP contribution < -0.4 is 5.73 Å². The van der Waals surface area contributed by atoms with Gasteiger partial charge >= 0.3 is 25.7 Å². The minimum Gasteiger partial charge on any atom is -0.480 e. The number of phosphoric ester groups is 1. The highest BCUT2D eigenvalue weighted by Gasteiger charge is 2.35. The van der Waals surface area contributed by atoms with Crippen molar-refractivity contribution in [2.24, 2.45) is 11.7 Å². The zero-order valence-electron chi connectivity index (χ0n) is 37.0. The van der Waals surface area contributed by atoms with Crippen LogP contribution in [0.1, 0.15) is 136 Å². The molecule has 0 amide bonds. The fourth-order valence-electron chi connectivity index (χ4n) is 6.10. The molecule has 15 nitrogen and oxygen atoms in total. The third-order valence-corrected chi connectivity index (χ3v) is 10.7. The Morgan fingerprint density at radius 2 is 1.31 bits per heavy atom. The summed E-state index contributed by atoms with van der Waals surface area (Å²) in [6.45, 7) is 2.32. The number of aliphatic hydroxyl groups excluding tert-OH is 3. The first-order chi connectivity index (χ1) is 29.8. The largest absolute Gasteiger partial charge is 0.480 e. The third kappa shape index (κ3) is 30.7. The van der Waals surface area contributed by atoms with Gasteiger partial charge in [-0.25, -0.2) is 4.57 Å². The number of carboxylic acids is 1. The Morgan fingerprint density at radius 3 is 1.92 bits per heavy atom. The molecule has 0 aliphatic carbocycles. The van der Waals surface area contributed by atoms with E-state index in [4.69, 9.17) is 29.6 Å². The molecule has 0 aromatic rings. The average Bonchev–Trinajstić information content (AvgIpc) is 3.23. The summed E-state index contributed by atoms with van der Waals surface area (Å²) in [7, 11) is -4.81. The second-order valence-electron chi connectivity index (χ2n) is 15.4. The van der Waals surface area contributed by atoms with Crippen LogP contribution in [-0.4, -0.2) is 99.8 Å². The molecule has 0 spiro atoms. The number of rotatable bonds is 36. The van der Waals surface area contributed by atoms with Crippen LogP contribution in [0.2, 0.25) is 0 Å². The van der Waals surface area contributed by atoms with Crippen LogP contribution in [0, 0.1) is 5.92 Å². The zero-order chi connectivity index (χ0) is 45.9. The number of aliphatic carboxylic acids is 1. The number of hydrogen-bond donors (Lipinski definition) is 6. The number of esters is 2. The summed E-state index contributed by atoms with van der Waals surface area (Å²) < 4.78 is 38.3. The number of hydrogen-bond acceptors (Lipinski definition) is 13. The summed E-state index contributed by atoms with van der Waals surface area (Å²) in [4.78, 5) is 46.2. The molecule has 1 rings (SSSR count). The molecule has 0 saturated carbocycles. The van der Waals surface area contributed by atoms with E-state index in [1.807, 2.05) is 24.3 Å². The number of nitrogens with two attached hydrogens (primary N) is 1. The molecule has 1 fully saturated rings. The quantitative estimate of drug-likeness (QED) is 0.0152. The first kappa shape index (κ1) is 56.8. The summed E-state index contributed by atoms with van der Waals surface area (Å²) in [5, 5.41) is 39.9. The van der Waals surface area contributed by atoms with Gasteiger partial charge in [-0.15, -0.1) is 0 Å². The predicted molar refractivity (Wildman–Crippen MR) is 238 cm³/mol. The van der Waals surface area contributed by atoms with Gasteiger partial charge in [0.1, 0.15) is 12.6 Å². The van der Waals surface area contributed by atoms with E-state index in [0.717, 1.165) is 44.9 Å². The number of phosphoric acid groups is 1. The lowest BCUT2D eigenvalue weighted by Gasteiger charge is -2.36. The summed E-state index contributed by atoms with van der Waals surface area (Å²) in [6, 6.07) is -1.58. The lowest BCUT2D eigenvalue weighted by atomic mass is 9.87. The van der Waals surface area contributed by atoms with Gasteiger partial charge in [-0.3, -0.25) is 23.4 Å². The number of unbranched alkanes of at least 4 members (excludes halogenated alkanes) is 7. The molecule has 16 heteroatoms. The Labute approximate surface area is 369 Å². The third-order valence-electron chi connectivity index (χ3n) is 9.72. The normalized spacial score (nSPS) is 21.1. The standard InChI is InChI=1S/C46H76NO14P/c1-3-5-7-8-9-10-11-12-13-14-15-16-17-18-19-20-25-29-43(50)57-34-38(35-58-62(55,56)59-36-40(47)46(53)54)60-44(51)30-26-22-21-24-28-39-41(49)33-45(52)61-42(39)32-31-37(48)27-23-6-4-2/h9-10,12-13,15-16,18-19,21,24,31-32,37-42,45,48-49,52H,3-8,11,14,17,20,22-23,25-30,33-36,47H2,1-2H3,(H,53,54)(H,55,56)/b10-9-,13-12-,16-15-,19-18-,24-21-,32-31+/t37-,38+,39-,40-,41-,42+,45?/m0/s1. The molecule has 8 atom stereocenters. The molecule has 0 bridgehead atoms. The first-order valence-electron chi connectivity index (χ1n) is 22.4. The molecule has 0 aromatic heterocycles. The Bertz CT molecular complexity index is 1450. The number of carbonyl (C=O) groups is 3. The predicted octanol–water partition coefficient (Wildman–Crippen LogP) is 7.83. The van der Waals surface area contributed by atoms with Crippen LogP contribution in [0.3, 0.4) is 0 Å². The number of aliphatic hydroxyl groups is 3. The van der Waals surface area contributed by atoms with Crippen LogP contribution in [-0.2, 0) is 42.2 Å². The molecular formula is C46H76NO14P. The maximum absolute atomic E-state index is 12.8. The topological polar surface area (TPSA) is 242 Å². The van der Waals surface area contributed by atoms with Gasteiger partial charge in [0.2, 0.25) is 0 Å². The Balaban J connectivity index is 2.58. The highest BCUT2D eigenvalue weighted by atomic mass is 31.2. The van der Waals surface area contributed by atoms with Crippen molar-refractivity contribution in [2.75, 3.05) is 19.8 Å². The lowest BCUT2D eigenvalue weighted by molar-refractivity contribution is -0.199. The van der Waals surface area contributed by atoms with E-state index >= 15 is 0 Å². The minimum absolute atomic E-state index is 0.0484. The van der Waals surface area contributed by atoms with Crippen molar-refractivity contribution in [2.45, 2.75) is 173 Å². The van der Waals surface area contributed by atoms with E-state index in [0.29, 0.717) is 38.5 Å². The SMILES string of the molecule is CCCCC/C=C\C/C=C\C/C=C\C/C=C\CCCC(=O)OC[C@H](COP(=O)(O)OC[C@H](N)C(=O)O)OC(=O)CCC/C=C\C[C@H]1[C@@H](O)CC(O)O[C@@H]1/C=C/[C@@H](O)CCCCC. The van der Waals surface area contributed by atoms with Crippen LogP contribution in [0.15, 0.2) is 72.9 Å². The van der Waals surface area contributed by atoms with E-state index in [9.17, 15) is 39.2 Å². The fraction of sp³-hybridized carbons (Fsp3) is 0.674. The molecule has 1 aliphatic heterocycles. The van der Waals surface area contributed by atoms with Gasteiger partial charge < -0.3 is 45.3 Å². The second-order valence-corrected chi connectivity index (χ2v) is 16.8. The van der Waals surface area contributed by atoms with Gasteiger partial charge in [-0.05, 0) is 70.6 Å². The first-order valence-corrected chi connectivity index (χ1v) is 23.9. The average molecular weight is 898 g/mol. The van der Waals surface area contributed by atoms with Gasteiger partial charge in [0, 0.05) is 25.2 Å². The van der Waals surface area contributed by atoms with Crippen LogP contribution in [0.25, 0.3) is 0 Å². The Morgan fingerprint density at radius 1 is 0.758 bits per heavy atom. The highest BCUT2D eigenvalue weighted by molar-refractivity contribution is 7.47. The van der Waals surface area contributed by atoms with Crippen molar-refractivity contribution in [3.05, 3.63) is 72.9 Å². The molecule has 1 heterocycles. The maximum Gasteiger partial charge on any atom is 0.472 e. The number of carbonyl (C=O) groups excluding carboxylic acids is 2. The van der Waals surface area contributed by atoms with Crippen molar-refractivity contribution >= 4 is 25.7 Å². The van der Waals surface area contributed by atoms with Crippen LogP contribution in [0.4, 0.5) is 0 Å². The molecule has 2 unspecified atom stereocenters. The Kier molecular flexibility index (Phi) is 33.1. The smallest absolute Gasteiger partial charge is 0.472 e. The molecule has 7 N–H and O–H groups in total. The van der Waals surface area contributed by atoms with Crippen molar-refractivity contribution in [3.63, 3.8) is 0 Å². The highest BCUT2D eigenvalue weighted by Crippen LogP contribution is 2.43. The van der Waals surface area contributed by atoms with E-state index in [2.05, 4.69) is 54.8 Å². The van der Waals surface area contributed by atoms with Crippen LogP contribution >= 0.6 is 7.82 Å². The van der Waals surface area contributed by atoms with Gasteiger partial charge in [0.05, 0.1) is 31.5 Å². The molecule has 354 valence electrons. The van der Waals surface area contributed by atoms with Gasteiger partial charge in [0.25, 0.3) is 0 Å². The van der Waals surface area contributed by atoms with Gasteiger partial charge in [-0.1, -0.05) is 119 Å². The van der Waals surface area contributed by atoms with E-state index in [-0.39, 0.29) is 25.2 Å². The molecule has 1 aliphatic rings.